The Morgan fingerprint density at radius 2 is 1.78 bits per heavy atom. The minimum atomic E-state index is -0.627. The highest BCUT2D eigenvalue weighted by Crippen LogP contribution is 2.27. The van der Waals surface area contributed by atoms with Gasteiger partial charge >= 0.3 is 0 Å². The second-order valence-corrected chi connectivity index (χ2v) is 6.41. The van der Waals surface area contributed by atoms with Gasteiger partial charge in [-0.25, -0.2) is 13.8 Å². The summed E-state index contributed by atoms with van der Waals surface area (Å²) in [6.07, 6.45) is 0. The monoisotopic (exact) mass is 389 g/mol. The Hall–Kier alpha value is -3.07. The number of nitro groups is 1. The van der Waals surface area contributed by atoms with Gasteiger partial charge in [0.25, 0.3) is 5.69 Å². The van der Waals surface area contributed by atoms with Crippen LogP contribution in [0.5, 0.6) is 11.6 Å². The fourth-order valence-electron chi connectivity index (χ4n) is 2.19. The summed E-state index contributed by atoms with van der Waals surface area (Å²) in [5, 5.41) is 11.0. The molecule has 27 heavy (non-hydrogen) atoms. The summed E-state index contributed by atoms with van der Waals surface area (Å²) in [5.74, 6) is -0.628. The number of rotatable bonds is 6. The Kier molecular flexibility index (Phi) is 5.60. The molecule has 9 heteroatoms. The number of halogens is 2. The van der Waals surface area contributed by atoms with Crippen molar-refractivity contribution in [2.45, 2.75) is 17.8 Å². The van der Waals surface area contributed by atoms with Crippen LogP contribution in [0, 0.1) is 28.7 Å². The number of nitrogens with zero attached hydrogens (tertiary/aromatic N) is 3. The lowest BCUT2D eigenvalue weighted by atomic mass is 10.2. The fourth-order valence-corrected chi connectivity index (χ4v) is 3.11. The molecule has 0 N–H and O–H groups in total. The molecule has 0 saturated carbocycles. The molecule has 1 aromatic heterocycles. The Morgan fingerprint density at radius 3 is 2.41 bits per heavy atom. The lowest BCUT2D eigenvalue weighted by Crippen LogP contribution is -1.97. The number of hydrogen-bond acceptors (Lipinski definition) is 6. The van der Waals surface area contributed by atoms with Crippen molar-refractivity contribution in [3.05, 3.63) is 81.5 Å². The quantitative estimate of drug-likeness (QED) is 0.254. The molecular weight excluding hydrogens is 376 g/mol. The molecule has 0 fully saturated rings. The topological polar surface area (TPSA) is 78.2 Å². The van der Waals surface area contributed by atoms with Gasteiger partial charge < -0.3 is 4.74 Å². The van der Waals surface area contributed by atoms with Crippen LogP contribution in [0.15, 0.2) is 53.7 Å². The first kappa shape index (κ1) is 18.7. The van der Waals surface area contributed by atoms with E-state index < -0.39 is 16.6 Å². The molecule has 0 saturated heterocycles. The predicted octanol–water partition coefficient (Wildman–Crippen LogP) is 5.06. The minimum absolute atomic E-state index is 0.0267. The molecule has 138 valence electrons. The molecule has 0 radical (unpaired) electrons. The van der Waals surface area contributed by atoms with E-state index in [2.05, 4.69) is 9.97 Å². The van der Waals surface area contributed by atoms with Gasteiger partial charge in [-0.05, 0) is 31.2 Å². The van der Waals surface area contributed by atoms with Crippen LogP contribution in [0.4, 0.5) is 14.5 Å². The molecule has 3 aromatic rings. The summed E-state index contributed by atoms with van der Waals surface area (Å²) < 4.78 is 33.0. The Balaban J connectivity index is 1.75. The van der Waals surface area contributed by atoms with Gasteiger partial charge in [0.15, 0.2) is 5.16 Å². The molecule has 0 spiro atoms. The number of benzene rings is 2. The third-order valence-corrected chi connectivity index (χ3v) is 4.36. The van der Waals surface area contributed by atoms with Crippen LogP contribution in [0.2, 0.25) is 0 Å². The summed E-state index contributed by atoms with van der Waals surface area (Å²) in [6.45, 7) is 1.73. The average Bonchev–Trinajstić information content (AvgIpc) is 2.61. The molecule has 3 rings (SSSR count). The van der Waals surface area contributed by atoms with Gasteiger partial charge in [-0.15, -0.1) is 0 Å². The summed E-state index contributed by atoms with van der Waals surface area (Å²) in [4.78, 5) is 18.6. The number of aryl methyl sites for hydroxylation is 1. The van der Waals surface area contributed by atoms with E-state index in [1.54, 1.807) is 13.0 Å². The van der Waals surface area contributed by atoms with Crippen molar-refractivity contribution >= 4 is 17.4 Å². The van der Waals surface area contributed by atoms with Gasteiger partial charge in [0, 0.05) is 35.2 Å². The van der Waals surface area contributed by atoms with E-state index in [4.69, 9.17) is 4.74 Å². The zero-order valence-corrected chi connectivity index (χ0v) is 14.9. The maximum Gasteiger partial charge on any atom is 0.269 e. The van der Waals surface area contributed by atoms with Crippen LogP contribution in [0.25, 0.3) is 0 Å². The lowest BCUT2D eigenvalue weighted by Gasteiger charge is -2.08. The van der Waals surface area contributed by atoms with Crippen molar-refractivity contribution < 1.29 is 18.4 Å². The number of aromatic nitrogens is 2. The lowest BCUT2D eigenvalue weighted by molar-refractivity contribution is -0.384. The second kappa shape index (κ2) is 8.09. The van der Waals surface area contributed by atoms with Crippen molar-refractivity contribution in [3.63, 3.8) is 0 Å². The zero-order chi connectivity index (χ0) is 19.4. The number of ether oxygens (including phenoxy) is 1. The summed E-state index contributed by atoms with van der Waals surface area (Å²) in [6, 6.07) is 10.8. The molecule has 0 amide bonds. The van der Waals surface area contributed by atoms with E-state index in [9.17, 15) is 18.9 Å². The van der Waals surface area contributed by atoms with Gasteiger partial charge in [-0.2, -0.15) is 4.98 Å². The summed E-state index contributed by atoms with van der Waals surface area (Å²) >= 11 is 1.08. The van der Waals surface area contributed by atoms with Gasteiger partial charge in [0.1, 0.15) is 17.4 Å². The third-order valence-electron chi connectivity index (χ3n) is 3.49. The Bertz CT molecular complexity index is 964. The highest BCUT2D eigenvalue weighted by atomic mass is 32.2. The SMILES string of the molecule is Cc1cc(Oc2ccc([N+](=O)[O-])cc2)nc(SCc2c(F)cccc2F)n1. The van der Waals surface area contributed by atoms with Gasteiger partial charge in [0.05, 0.1) is 4.92 Å². The summed E-state index contributed by atoms with van der Waals surface area (Å²) in [5.41, 5.74) is 0.508. The van der Waals surface area contributed by atoms with Gasteiger partial charge in [0.2, 0.25) is 5.88 Å². The maximum atomic E-state index is 13.7. The average molecular weight is 389 g/mol. The zero-order valence-electron chi connectivity index (χ0n) is 14.1. The maximum absolute atomic E-state index is 13.7. The smallest absolute Gasteiger partial charge is 0.269 e. The highest BCUT2D eigenvalue weighted by molar-refractivity contribution is 7.98. The normalized spacial score (nSPS) is 10.6. The third kappa shape index (κ3) is 4.76. The van der Waals surface area contributed by atoms with Crippen molar-refractivity contribution in [3.8, 4) is 11.6 Å². The molecule has 2 aromatic carbocycles. The van der Waals surface area contributed by atoms with Crippen LogP contribution in [-0.2, 0) is 5.75 Å². The molecule has 0 aliphatic carbocycles. The second-order valence-electron chi connectivity index (χ2n) is 5.47. The Morgan fingerprint density at radius 1 is 1.11 bits per heavy atom. The highest BCUT2D eigenvalue weighted by Gasteiger charge is 2.12. The van der Waals surface area contributed by atoms with Crippen LogP contribution in [-0.4, -0.2) is 14.9 Å². The van der Waals surface area contributed by atoms with Crippen LogP contribution < -0.4 is 4.74 Å². The standard InChI is InChI=1S/C18H13F2N3O3S/c1-11-9-17(26-13-7-5-12(6-8-13)23(24)25)22-18(21-11)27-10-14-15(19)3-2-4-16(14)20/h2-9H,10H2,1H3. The molecule has 6 nitrogen and oxygen atoms in total. The van der Waals surface area contributed by atoms with E-state index in [0.717, 1.165) is 11.8 Å². The molecule has 1 heterocycles. The molecule has 0 atom stereocenters. The van der Waals surface area contributed by atoms with E-state index >= 15 is 0 Å². The largest absolute Gasteiger partial charge is 0.439 e. The van der Waals surface area contributed by atoms with Gasteiger partial charge in [-0.3, -0.25) is 10.1 Å². The first-order chi connectivity index (χ1) is 12.9. The first-order valence-corrected chi connectivity index (χ1v) is 8.74. The fraction of sp³-hybridized carbons (Fsp3) is 0.111. The predicted molar refractivity (Wildman–Crippen MR) is 95.9 cm³/mol. The number of thioether (sulfide) groups is 1. The van der Waals surface area contributed by atoms with Gasteiger partial charge in [-0.1, -0.05) is 17.8 Å². The number of nitro benzene ring substituents is 1. The molecule has 0 bridgehead atoms. The van der Waals surface area contributed by atoms with E-state index in [1.165, 1.54) is 42.5 Å². The first-order valence-electron chi connectivity index (χ1n) is 7.76. The van der Waals surface area contributed by atoms with Crippen molar-refractivity contribution in [2.75, 3.05) is 0 Å². The summed E-state index contributed by atoms with van der Waals surface area (Å²) in [7, 11) is 0. The van der Waals surface area contributed by atoms with Crippen molar-refractivity contribution in [2.24, 2.45) is 0 Å². The van der Waals surface area contributed by atoms with E-state index in [-0.39, 0.29) is 22.9 Å². The molecule has 0 unspecified atom stereocenters. The van der Waals surface area contributed by atoms with Crippen LogP contribution in [0.3, 0.4) is 0 Å². The van der Waals surface area contributed by atoms with E-state index in [1.807, 2.05) is 0 Å². The Labute approximate surface area is 157 Å². The molecular formula is C18H13F2N3O3S. The van der Waals surface area contributed by atoms with Crippen LogP contribution >= 0.6 is 11.8 Å². The van der Waals surface area contributed by atoms with Crippen LogP contribution in [0.1, 0.15) is 11.3 Å². The number of non-ortho nitro benzene ring substituents is 1. The van der Waals surface area contributed by atoms with Crippen molar-refractivity contribution in [1.29, 1.82) is 0 Å². The van der Waals surface area contributed by atoms with E-state index in [0.29, 0.717) is 16.6 Å². The number of hydrogen-bond donors (Lipinski definition) is 0. The van der Waals surface area contributed by atoms with Crippen molar-refractivity contribution in [1.82, 2.24) is 9.97 Å². The molecule has 0 aliphatic rings. The minimum Gasteiger partial charge on any atom is -0.439 e. The molecule has 0 aliphatic heterocycles.